The van der Waals surface area contributed by atoms with Crippen LogP contribution in [0.25, 0.3) is 22.0 Å². The molecule has 4 N–H and O–H groups in total. The molecule has 0 aliphatic rings. The van der Waals surface area contributed by atoms with Gasteiger partial charge in [-0.15, -0.1) is 0 Å². The van der Waals surface area contributed by atoms with Gasteiger partial charge in [0, 0.05) is 35.9 Å². The fraction of sp³-hybridized carbons (Fsp3) is 0.100. The van der Waals surface area contributed by atoms with Crippen molar-refractivity contribution < 1.29 is 9.47 Å². The Morgan fingerprint density at radius 3 is 2.52 bits per heavy atom. The number of aromatic nitrogens is 4. The number of pyridine rings is 2. The lowest BCUT2D eigenvalue weighted by Gasteiger charge is -2.13. The van der Waals surface area contributed by atoms with E-state index in [0.717, 1.165) is 5.39 Å². The van der Waals surface area contributed by atoms with E-state index in [9.17, 15) is 4.79 Å². The average Bonchev–Trinajstić information content (AvgIpc) is 2.74. The van der Waals surface area contributed by atoms with Crippen molar-refractivity contribution in [3.8, 4) is 22.8 Å². The summed E-state index contributed by atoms with van der Waals surface area (Å²) in [5, 5.41) is 4.36. The highest BCUT2D eigenvalue weighted by molar-refractivity contribution is 5.95. The number of aromatic amines is 1. The zero-order valence-corrected chi connectivity index (χ0v) is 15.8. The van der Waals surface area contributed by atoms with Gasteiger partial charge in [0.25, 0.3) is 5.56 Å². The van der Waals surface area contributed by atoms with Gasteiger partial charge in [-0.2, -0.15) is 0 Å². The molecule has 3 aromatic heterocycles. The highest BCUT2D eigenvalue weighted by Gasteiger charge is 2.13. The van der Waals surface area contributed by atoms with E-state index in [2.05, 4.69) is 25.3 Å². The van der Waals surface area contributed by atoms with Crippen molar-refractivity contribution in [1.82, 2.24) is 19.9 Å². The third-order valence-electron chi connectivity index (χ3n) is 4.37. The van der Waals surface area contributed by atoms with Gasteiger partial charge in [-0.3, -0.25) is 4.79 Å². The van der Waals surface area contributed by atoms with E-state index in [4.69, 9.17) is 15.2 Å². The molecule has 9 heteroatoms. The van der Waals surface area contributed by atoms with Crippen molar-refractivity contribution in [1.29, 1.82) is 0 Å². The maximum Gasteiger partial charge on any atom is 0.259 e. The molecular weight excluding hydrogens is 372 g/mol. The van der Waals surface area contributed by atoms with Crippen LogP contribution < -0.4 is 26.1 Å². The van der Waals surface area contributed by atoms with Crippen LogP contribution in [0.3, 0.4) is 0 Å². The first kappa shape index (κ1) is 18.2. The normalized spacial score (nSPS) is 10.7. The Labute approximate surface area is 165 Å². The fourth-order valence-electron chi connectivity index (χ4n) is 2.97. The zero-order chi connectivity index (χ0) is 20.4. The van der Waals surface area contributed by atoms with Gasteiger partial charge in [-0.1, -0.05) is 0 Å². The predicted molar refractivity (Wildman–Crippen MR) is 111 cm³/mol. The van der Waals surface area contributed by atoms with Crippen molar-refractivity contribution >= 4 is 28.2 Å². The largest absolute Gasteiger partial charge is 0.493 e. The van der Waals surface area contributed by atoms with Gasteiger partial charge in [0.1, 0.15) is 5.82 Å². The monoisotopic (exact) mass is 390 g/mol. The van der Waals surface area contributed by atoms with Crippen LogP contribution in [0.15, 0.2) is 53.7 Å². The number of hydrogen-bond acceptors (Lipinski definition) is 8. The van der Waals surface area contributed by atoms with Crippen molar-refractivity contribution in [3.05, 3.63) is 59.3 Å². The SMILES string of the molecule is COc1ccc(Nc2nc(-c3cnc(N)nc3)cc3cc[nH]c(=O)c23)cc1OC. The van der Waals surface area contributed by atoms with Gasteiger partial charge < -0.3 is 25.5 Å². The van der Waals surface area contributed by atoms with E-state index in [1.165, 1.54) is 0 Å². The van der Waals surface area contributed by atoms with Crippen LogP contribution in [0.1, 0.15) is 0 Å². The van der Waals surface area contributed by atoms with E-state index >= 15 is 0 Å². The smallest absolute Gasteiger partial charge is 0.259 e. The molecule has 0 fully saturated rings. The Morgan fingerprint density at radius 1 is 1.03 bits per heavy atom. The molecule has 0 spiro atoms. The lowest BCUT2D eigenvalue weighted by Crippen LogP contribution is -2.09. The Balaban J connectivity index is 1.86. The van der Waals surface area contributed by atoms with E-state index in [1.807, 2.05) is 6.07 Å². The molecule has 0 saturated carbocycles. The second-order valence-electron chi connectivity index (χ2n) is 6.15. The third kappa shape index (κ3) is 3.53. The first-order valence-corrected chi connectivity index (χ1v) is 8.68. The number of hydrogen-bond donors (Lipinski definition) is 3. The molecule has 9 nitrogen and oxygen atoms in total. The number of rotatable bonds is 5. The van der Waals surface area contributed by atoms with Gasteiger partial charge in [0.05, 0.1) is 25.3 Å². The lowest BCUT2D eigenvalue weighted by molar-refractivity contribution is 0.355. The molecule has 1 aromatic carbocycles. The Hall–Kier alpha value is -4.14. The fourth-order valence-corrected chi connectivity index (χ4v) is 2.97. The minimum Gasteiger partial charge on any atom is -0.493 e. The van der Waals surface area contributed by atoms with Crippen LogP contribution in [0.5, 0.6) is 11.5 Å². The number of H-pyrrole nitrogens is 1. The number of benzene rings is 1. The third-order valence-corrected chi connectivity index (χ3v) is 4.37. The molecular formula is C20H18N6O3. The molecule has 0 aliphatic carbocycles. The lowest BCUT2D eigenvalue weighted by atomic mass is 10.1. The van der Waals surface area contributed by atoms with Gasteiger partial charge >= 0.3 is 0 Å². The molecule has 0 unspecified atom stereocenters. The second-order valence-corrected chi connectivity index (χ2v) is 6.15. The Kier molecular flexibility index (Phi) is 4.70. The number of nitrogens with two attached hydrogens (primary N) is 1. The summed E-state index contributed by atoms with van der Waals surface area (Å²) in [6.45, 7) is 0. The van der Waals surface area contributed by atoms with Crippen molar-refractivity contribution in [2.75, 3.05) is 25.3 Å². The van der Waals surface area contributed by atoms with E-state index in [1.54, 1.807) is 57.1 Å². The number of nitrogens with one attached hydrogen (secondary N) is 2. The van der Waals surface area contributed by atoms with Gasteiger partial charge in [-0.05, 0) is 29.7 Å². The maximum atomic E-state index is 12.5. The van der Waals surface area contributed by atoms with Crippen LogP contribution in [0, 0.1) is 0 Å². The van der Waals surface area contributed by atoms with Crippen LogP contribution in [-0.2, 0) is 0 Å². The summed E-state index contributed by atoms with van der Waals surface area (Å²) in [6, 6.07) is 8.96. The van der Waals surface area contributed by atoms with E-state index < -0.39 is 0 Å². The maximum absolute atomic E-state index is 12.5. The number of methoxy groups -OCH3 is 2. The van der Waals surface area contributed by atoms with Crippen LogP contribution >= 0.6 is 0 Å². The molecule has 4 aromatic rings. The summed E-state index contributed by atoms with van der Waals surface area (Å²) in [7, 11) is 3.12. The summed E-state index contributed by atoms with van der Waals surface area (Å²) in [6.07, 6.45) is 4.77. The number of nitrogens with zero attached hydrogens (tertiary/aromatic N) is 3. The highest BCUT2D eigenvalue weighted by atomic mass is 16.5. The average molecular weight is 390 g/mol. The molecule has 146 valence electrons. The quantitative estimate of drug-likeness (QED) is 0.474. The summed E-state index contributed by atoms with van der Waals surface area (Å²) >= 11 is 0. The van der Waals surface area contributed by atoms with Gasteiger partial charge in [0.2, 0.25) is 5.95 Å². The Morgan fingerprint density at radius 2 is 1.79 bits per heavy atom. The molecule has 0 amide bonds. The van der Waals surface area contributed by atoms with Gasteiger partial charge in [-0.25, -0.2) is 15.0 Å². The minimum atomic E-state index is -0.252. The standard InChI is InChI=1S/C20H18N6O3/c1-28-15-4-3-13(8-16(15)29-2)25-18-17-11(5-6-22-19(17)27)7-14(26-18)12-9-23-20(21)24-10-12/h3-10H,1-2H3,(H,22,27)(H,25,26)(H2,21,23,24). The highest BCUT2D eigenvalue weighted by Crippen LogP contribution is 2.32. The summed E-state index contributed by atoms with van der Waals surface area (Å²) < 4.78 is 10.6. The first-order valence-electron chi connectivity index (χ1n) is 8.68. The number of ether oxygens (including phenoxy) is 2. The molecule has 3 heterocycles. The van der Waals surface area contributed by atoms with Crippen LogP contribution in [-0.4, -0.2) is 34.2 Å². The summed E-state index contributed by atoms with van der Waals surface area (Å²) in [5.74, 6) is 1.72. The van der Waals surface area contributed by atoms with Gasteiger partial charge in [0.15, 0.2) is 11.5 Å². The molecule has 0 saturated heterocycles. The molecule has 0 atom stereocenters. The predicted octanol–water partition coefficient (Wildman–Crippen LogP) is 2.72. The first-order chi connectivity index (χ1) is 14.1. The molecule has 4 rings (SSSR count). The molecule has 29 heavy (non-hydrogen) atoms. The van der Waals surface area contributed by atoms with Crippen molar-refractivity contribution in [2.24, 2.45) is 0 Å². The van der Waals surface area contributed by atoms with Crippen LogP contribution in [0.4, 0.5) is 17.5 Å². The second kappa shape index (κ2) is 7.47. The number of anilines is 3. The van der Waals surface area contributed by atoms with Crippen molar-refractivity contribution in [2.45, 2.75) is 0 Å². The molecule has 0 radical (unpaired) electrons. The summed E-state index contributed by atoms with van der Waals surface area (Å²) in [5.41, 5.74) is 7.29. The Bertz CT molecular complexity index is 1240. The van der Waals surface area contributed by atoms with Crippen LogP contribution in [0.2, 0.25) is 0 Å². The number of fused-ring (bicyclic) bond motifs is 1. The molecule has 0 bridgehead atoms. The minimum absolute atomic E-state index is 0.176. The summed E-state index contributed by atoms with van der Waals surface area (Å²) in [4.78, 5) is 27.8. The number of nitrogen functional groups attached to an aromatic ring is 1. The van der Waals surface area contributed by atoms with E-state index in [-0.39, 0.29) is 11.5 Å². The van der Waals surface area contributed by atoms with E-state index in [0.29, 0.717) is 39.6 Å². The molecule has 0 aliphatic heterocycles. The van der Waals surface area contributed by atoms with Crippen molar-refractivity contribution in [3.63, 3.8) is 0 Å². The topological polar surface area (TPSA) is 128 Å². The zero-order valence-electron chi connectivity index (χ0n) is 15.8.